The van der Waals surface area contributed by atoms with Gasteiger partial charge < -0.3 is 15.4 Å². The summed E-state index contributed by atoms with van der Waals surface area (Å²) >= 11 is 0. The number of likely N-dealkylation sites (N-methyl/N-ethyl adjacent to an activating group) is 1. The molecule has 4 heteroatoms. The second-order valence-electron chi connectivity index (χ2n) is 5.87. The number of nitrogens with one attached hydrogen (secondary N) is 2. The summed E-state index contributed by atoms with van der Waals surface area (Å²) in [5, 5.41) is 13.7. The molecule has 0 bridgehead atoms. The molecule has 0 aliphatic heterocycles. The molecule has 3 rings (SSSR count). The number of aromatic nitrogens is 1. The second-order valence-corrected chi connectivity index (χ2v) is 5.87. The highest BCUT2D eigenvalue weighted by Crippen LogP contribution is 2.33. The Balaban J connectivity index is 2.17. The number of aliphatic carboxylic acids is 1. The summed E-state index contributed by atoms with van der Waals surface area (Å²) in [6.07, 6.45) is 4.72. The predicted molar refractivity (Wildman–Crippen MR) is 83.7 cm³/mol. The van der Waals surface area contributed by atoms with E-state index in [1.807, 2.05) is 13.8 Å². The minimum absolute atomic E-state index is 0.633. The summed E-state index contributed by atoms with van der Waals surface area (Å²) in [7, 11) is 0. The Kier molecular flexibility index (Phi) is 3.72. The van der Waals surface area contributed by atoms with E-state index in [4.69, 9.17) is 0 Å². The average molecular weight is 286 g/mol. The molecule has 1 aromatic carbocycles. The Hall–Kier alpha value is -1.81. The van der Waals surface area contributed by atoms with Gasteiger partial charge in [-0.3, -0.25) is 4.79 Å². The highest BCUT2D eigenvalue weighted by atomic mass is 16.4. The van der Waals surface area contributed by atoms with Crippen molar-refractivity contribution in [3.63, 3.8) is 0 Å². The molecular weight excluding hydrogens is 264 g/mol. The molecule has 4 nitrogen and oxygen atoms in total. The maximum absolute atomic E-state index is 11.6. The summed E-state index contributed by atoms with van der Waals surface area (Å²) in [6.45, 7) is 4.53. The number of H-pyrrole nitrogens is 1. The van der Waals surface area contributed by atoms with Crippen LogP contribution in [0.25, 0.3) is 10.9 Å². The van der Waals surface area contributed by atoms with Gasteiger partial charge in [0.2, 0.25) is 0 Å². The summed E-state index contributed by atoms with van der Waals surface area (Å²) in [5.41, 5.74) is 5.69. The fraction of sp³-hybridized carbons (Fsp3) is 0.471. The van der Waals surface area contributed by atoms with E-state index >= 15 is 0 Å². The number of hydrogen-bond acceptors (Lipinski definition) is 2. The number of benzene rings is 1. The lowest BCUT2D eigenvalue weighted by Crippen LogP contribution is -2.28. The minimum Gasteiger partial charge on any atom is -0.480 e. The van der Waals surface area contributed by atoms with Crippen LogP contribution < -0.4 is 5.32 Å². The van der Waals surface area contributed by atoms with Crippen molar-refractivity contribution in [2.24, 2.45) is 0 Å². The molecule has 1 aliphatic carbocycles. The van der Waals surface area contributed by atoms with Crippen molar-refractivity contribution in [1.82, 2.24) is 10.3 Å². The zero-order chi connectivity index (χ0) is 15.0. The lowest BCUT2D eigenvalue weighted by molar-refractivity contribution is -0.139. The summed E-state index contributed by atoms with van der Waals surface area (Å²) in [6, 6.07) is 3.77. The largest absolute Gasteiger partial charge is 0.480 e. The first-order valence-corrected chi connectivity index (χ1v) is 7.72. The van der Waals surface area contributed by atoms with Crippen molar-refractivity contribution in [2.75, 3.05) is 6.54 Å². The Bertz CT molecular complexity index is 688. The van der Waals surface area contributed by atoms with E-state index in [-0.39, 0.29) is 0 Å². The molecule has 0 saturated carbocycles. The monoisotopic (exact) mass is 286 g/mol. The molecule has 1 atom stereocenters. The molecule has 112 valence electrons. The highest BCUT2D eigenvalue weighted by molar-refractivity contribution is 5.91. The van der Waals surface area contributed by atoms with Crippen LogP contribution in [0.5, 0.6) is 0 Å². The van der Waals surface area contributed by atoms with Crippen LogP contribution in [-0.2, 0) is 17.6 Å². The van der Waals surface area contributed by atoms with Gasteiger partial charge in [-0.1, -0.05) is 6.92 Å². The third-order valence-corrected chi connectivity index (χ3v) is 4.44. The molecule has 21 heavy (non-hydrogen) atoms. The third kappa shape index (κ3) is 2.44. The van der Waals surface area contributed by atoms with Gasteiger partial charge in [-0.25, -0.2) is 0 Å². The molecule has 0 fully saturated rings. The molecular formula is C17H22N2O2. The number of aryl methyl sites for hydroxylation is 3. The van der Waals surface area contributed by atoms with Crippen molar-refractivity contribution < 1.29 is 9.90 Å². The summed E-state index contributed by atoms with van der Waals surface area (Å²) < 4.78 is 0. The number of carboxylic acids is 1. The molecule has 1 heterocycles. The van der Waals surface area contributed by atoms with Crippen molar-refractivity contribution in [3.8, 4) is 0 Å². The lowest BCUT2D eigenvalue weighted by atomic mass is 9.89. The number of rotatable bonds is 4. The van der Waals surface area contributed by atoms with E-state index < -0.39 is 12.0 Å². The van der Waals surface area contributed by atoms with Crippen molar-refractivity contribution >= 4 is 16.9 Å². The Labute approximate surface area is 124 Å². The van der Waals surface area contributed by atoms with Crippen LogP contribution in [0.2, 0.25) is 0 Å². The van der Waals surface area contributed by atoms with Gasteiger partial charge in [-0.05, 0) is 62.4 Å². The van der Waals surface area contributed by atoms with E-state index in [1.165, 1.54) is 24.0 Å². The fourth-order valence-electron chi connectivity index (χ4n) is 3.47. The summed E-state index contributed by atoms with van der Waals surface area (Å²) in [5.74, 6) is -0.821. The maximum Gasteiger partial charge on any atom is 0.325 e. The average Bonchev–Trinajstić information content (AvgIpc) is 2.77. The van der Waals surface area contributed by atoms with E-state index in [0.717, 1.165) is 35.0 Å². The number of aromatic amines is 1. The normalized spacial score (nSPS) is 15.9. The molecule has 0 spiro atoms. The quantitative estimate of drug-likeness (QED) is 0.809. The molecule has 1 unspecified atom stereocenters. The first kappa shape index (κ1) is 14.1. The van der Waals surface area contributed by atoms with E-state index in [2.05, 4.69) is 22.4 Å². The van der Waals surface area contributed by atoms with Crippen molar-refractivity contribution in [3.05, 3.63) is 34.5 Å². The first-order chi connectivity index (χ1) is 10.1. The summed E-state index contributed by atoms with van der Waals surface area (Å²) in [4.78, 5) is 15.0. The fourth-order valence-corrected chi connectivity index (χ4v) is 3.47. The zero-order valence-corrected chi connectivity index (χ0v) is 12.6. The van der Waals surface area contributed by atoms with Crippen molar-refractivity contribution in [2.45, 2.75) is 45.6 Å². The Morgan fingerprint density at radius 3 is 2.62 bits per heavy atom. The minimum atomic E-state index is -0.821. The van der Waals surface area contributed by atoms with Crippen LogP contribution in [0.1, 0.15) is 48.2 Å². The number of fused-ring (bicyclic) bond motifs is 2. The second kappa shape index (κ2) is 5.53. The van der Waals surface area contributed by atoms with Gasteiger partial charge in [0.25, 0.3) is 0 Å². The third-order valence-electron chi connectivity index (χ3n) is 4.44. The number of hydrogen-bond donors (Lipinski definition) is 3. The highest BCUT2D eigenvalue weighted by Gasteiger charge is 2.25. The van der Waals surface area contributed by atoms with Gasteiger partial charge >= 0.3 is 5.97 Å². The topological polar surface area (TPSA) is 65.1 Å². The van der Waals surface area contributed by atoms with E-state index in [0.29, 0.717) is 6.54 Å². The lowest BCUT2D eigenvalue weighted by Gasteiger charge is -2.17. The molecule has 0 saturated heterocycles. The number of carboxylic acid groups (broad SMARTS) is 1. The van der Waals surface area contributed by atoms with Gasteiger partial charge in [-0.15, -0.1) is 0 Å². The van der Waals surface area contributed by atoms with Crippen LogP contribution in [-0.4, -0.2) is 22.6 Å². The standard InChI is InChI=1S/C17H22N2O2/c1-3-18-16(17(20)21)15-10(2)19-14-9-12-7-5-4-6-11(12)8-13(14)15/h8-9,16,18-19H,3-7H2,1-2H3,(H,20,21). The molecule has 0 amide bonds. The first-order valence-electron chi connectivity index (χ1n) is 7.72. The molecule has 0 radical (unpaired) electrons. The SMILES string of the molecule is CCNC(C(=O)O)c1c(C)[nH]c2cc3c(cc12)CCCC3. The zero-order valence-electron chi connectivity index (χ0n) is 12.6. The van der Waals surface area contributed by atoms with Crippen molar-refractivity contribution in [1.29, 1.82) is 0 Å². The van der Waals surface area contributed by atoms with Gasteiger partial charge in [0, 0.05) is 22.2 Å². The molecule has 1 aromatic heterocycles. The molecule has 2 aromatic rings. The van der Waals surface area contributed by atoms with Gasteiger partial charge in [0.15, 0.2) is 0 Å². The van der Waals surface area contributed by atoms with Gasteiger partial charge in [0.1, 0.15) is 6.04 Å². The van der Waals surface area contributed by atoms with Crippen LogP contribution in [0, 0.1) is 6.92 Å². The molecule has 1 aliphatic rings. The Morgan fingerprint density at radius 2 is 2.00 bits per heavy atom. The molecule has 3 N–H and O–H groups in total. The van der Waals surface area contributed by atoms with E-state index in [9.17, 15) is 9.90 Å². The predicted octanol–water partition coefficient (Wildman–Crippen LogP) is 3.09. The number of carbonyl (C=O) groups is 1. The van der Waals surface area contributed by atoms with Crippen LogP contribution in [0.4, 0.5) is 0 Å². The maximum atomic E-state index is 11.6. The van der Waals surface area contributed by atoms with Gasteiger partial charge in [-0.2, -0.15) is 0 Å². The van der Waals surface area contributed by atoms with Crippen LogP contribution in [0.15, 0.2) is 12.1 Å². The smallest absolute Gasteiger partial charge is 0.325 e. The van der Waals surface area contributed by atoms with Crippen LogP contribution in [0.3, 0.4) is 0 Å². The van der Waals surface area contributed by atoms with Gasteiger partial charge in [0.05, 0.1) is 0 Å². The van der Waals surface area contributed by atoms with Crippen LogP contribution >= 0.6 is 0 Å². The van der Waals surface area contributed by atoms with E-state index in [1.54, 1.807) is 0 Å². The Morgan fingerprint density at radius 1 is 1.33 bits per heavy atom.